The number of piperidine rings is 1. The highest BCUT2D eigenvalue weighted by atomic mass is 19.3. The number of nitrogens with one attached hydrogen (secondary N) is 2. The zero-order chi connectivity index (χ0) is 14.5. The summed E-state index contributed by atoms with van der Waals surface area (Å²) in [4.78, 5) is 12.1. The number of rotatable bonds is 4. The van der Waals surface area contributed by atoms with Crippen LogP contribution in [-0.2, 0) is 0 Å². The predicted molar refractivity (Wildman–Crippen MR) is 71.0 cm³/mol. The molecule has 6 heteroatoms. The highest BCUT2D eigenvalue weighted by Crippen LogP contribution is 2.16. The van der Waals surface area contributed by atoms with Crippen LogP contribution < -0.4 is 15.4 Å². The standard InChI is InChI=1S/C14H18F2N2O2/c1-9-5-6-11(8-17-9)18-13(19)10-3-2-4-12(7-10)20-14(15)16/h2-4,7,9,11,14,17H,5-6,8H2,1H3,(H,18,19). The van der Waals surface area contributed by atoms with Gasteiger partial charge in [0.25, 0.3) is 5.91 Å². The number of hydrogen-bond acceptors (Lipinski definition) is 3. The minimum absolute atomic E-state index is 0.0111. The Hall–Kier alpha value is -1.69. The molecular weight excluding hydrogens is 266 g/mol. The maximum atomic E-state index is 12.1. The summed E-state index contributed by atoms with van der Waals surface area (Å²) >= 11 is 0. The number of halogens is 2. The molecule has 2 rings (SSSR count). The van der Waals surface area contributed by atoms with Crippen molar-refractivity contribution in [1.29, 1.82) is 0 Å². The molecule has 20 heavy (non-hydrogen) atoms. The first-order chi connectivity index (χ1) is 9.54. The molecule has 0 aliphatic carbocycles. The van der Waals surface area contributed by atoms with Gasteiger partial charge in [-0.1, -0.05) is 6.07 Å². The van der Waals surface area contributed by atoms with Crippen molar-refractivity contribution in [1.82, 2.24) is 10.6 Å². The van der Waals surface area contributed by atoms with E-state index in [0.717, 1.165) is 19.4 Å². The van der Waals surface area contributed by atoms with E-state index in [4.69, 9.17) is 0 Å². The average Bonchev–Trinajstić information content (AvgIpc) is 2.41. The van der Waals surface area contributed by atoms with Crippen LogP contribution in [0.15, 0.2) is 24.3 Å². The van der Waals surface area contributed by atoms with Gasteiger partial charge in [0.15, 0.2) is 0 Å². The van der Waals surface area contributed by atoms with Gasteiger partial charge in [0.05, 0.1) is 0 Å². The lowest BCUT2D eigenvalue weighted by molar-refractivity contribution is -0.0498. The van der Waals surface area contributed by atoms with Gasteiger partial charge in [-0.05, 0) is 38.0 Å². The van der Waals surface area contributed by atoms with E-state index in [1.54, 1.807) is 6.07 Å². The molecule has 0 saturated carbocycles. The summed E-state index contributed by atoms with van der Waals surface area (Å²) in [5, 5.41) is 6.18. The maximum Gasteiger partial charge on any atom is 0.387 e. The topological polar surface area (TPSA) is 50.4 Å². The first kappa shape index (κ1) is 14.7. The number of amides is 1. The third-order valence-corrected chi connectivity index (χ3v) is 3.32. The van der Waals surface area contributed by atoms with E-state index < -0.39 is 6.61 Å². The number of benzene rings is 1. The lowest BCUT2D eigenvalue weighted by Gasteiger charge is -2.28. The van der Waals surface area contributed by atoms with Gasteiger partial charge in [-0.25, -0.2) is 0 Å². The van der Waals surface area contributed by atoms with Crippen LogP contribution in [0.25, 0.3) is 0 Å². The van der Waals surface area contributed by atoms with Crippen LogP contribution in [0.3, 0.4) is 0 Å². The number of carbonyl (C=O) groups is 1. The summed E-state index contributed by atoms with van der Waals surface area (Å²) in [6.07, 6.45) is 1.91. The molecule has 1 amide bonds. The predicted octanol–water partition coefficient (Wildman–Crippen LogP) is 2.16. The second kappa shape index (κ2) is 6.65. The van der Waals surface area contributed by atoms with Gasteiger partial charge >= 0.3 is 6.61 Å². The van der Waals surface area contributed by atoms with Crippen molar-refractivity contribution >= 4 is 5.91 Å². The molecule has 0 bridgehead atoms. The first-order valence-corrected chi connectivity index (χ1v) is 6.63. The average molecular weight is 284 g/mol. The van der Waals surface area contributed by atoms with Crippen LogP contribution in [-0.4, -0.2) is 31.1 Å². The van der Waals surface area contributed by atoms with Crippen molar-refractivity contribution in [3.8, 4) is 5.75 Å². The molecule has 1 saturated heterocycles. The maximum absolute atomic E-state index is 12.1. The van der Waals surface area contributed by atoms with Crippen LogP contribution in [0, 0.1) is 0 Å². The van der Waals surface area contributed by atoms with Crippen LogP contribution in [0.5, 0.6) is 5.75 Å². The summed E-state index contributed by atoms with van der Waals surface area (Å²) in [7, 11) is 0. The molecule has 0 radical (unpaired) electrons. The molecule has 0 spiro atoms. The summed E-state index contributed by atoms with van der Waals surface area (Å²) < 4.78 is 28.5. The molecule has 1 aromatic rings. The molecule has 110 valence electrons. The summed E-state index contributed by atoms with van der Waals surface area (Å²) in [6.45, 7) is -0.0686. The van der Waals surface area contributed by atoms with Gasteiger partial charge in [0.1, 0.15) is 5.75 Å². The fourth-order valence-corrected chi connectivity index (χ4v) is 2.20. The second-order valence-electron chi connectivity index (χ2n) is 4.96. The molecule has 1 aliphatic rings. The summed E-state index contributed by atoms with van der Waals surface area (Å²) in [5.74, 6) is -0.283. The quantitative estimate of drug-likeness (QED) is 0.891. The van der Waals surface area contributed by atoms with Gasteiger partial charge in [0, 0.05) is 24.2 Å². The summed E-state index contributed by atoms with van der Waals surface area (Å²) in [5.41, 5.74) is 0.321. The third kappa shape index (κ3) is 4.16. The smallest absolute Gasteiger partial charge is 0.387 e. The van der Waals surface area contributed by atoms with E-state index in [-0.39, 0.29) is 17.7 Å². The van der Waals surface area contributed by atoms with Crippen molar-refractivity contribution in [3.63, 3.8) is 0 Å². The number of carbonyl (C=O) groups excluding carboxylic acids is 1. The summed E-state index contributed by atoms with van der Waals surface area (Å²) in [6, 6.07) is 6.34. The van der Waals surface area contributed by atoms with E-state index in [1.165, 1.54) is 18.2 Å². The molecule has 4 nitrogen and oxygen atoms in total. The van der Waals surface area contributed by atoms with Crippen molar-refractivity contribution in [3.05, 3.63) is 29.8 Å². The van der Waals surface area contributed by atoms with E-state index in [0.29, 0.717) is 11.6 Å². The fraction of sp³-hybridized carbons (Fsp3) is 0.500. The lowest BCUT2D eigenvalue weighted by Crippen LogP contribution is -2.48. The van der Waals surface area contributed by atoms with Gasteiger partial charge in [0.2, 0.25) is 0 Å². The Labute approximate surface area is 116 Å². The number of hydrogen-bond donors (Lipinski definition) is 2. The Balaban J connectivity index is 1.95. The SMILES string of the molecule is CC1CCC(NC(=O)c2cccc(OC(F)F)c2)CN1. The zero-order valence-corrected chi connectivity index (χ0v) is 11.2. The molecule has 1 fully saturated rings. The van der Waals surface area contributed by atoms with E-state index in [1.807, 2.05) is 0 Å². The van der Waals surface area contributed by atoms with Crippen molar-refractivity contribution in [2.75, 3.05) is 6.54 Å². The van der Waals surface area contributed by atoms with Crippen LogP contribution in [0.1, 0.15) is 30.1 Å². The van der Waals surface area contributed by atoms with Gasteiger partial charge in [-0.2, -0.15) is 8.78 Å². The van der Waals surface area contributed by atoms with Gasteiger partial charge in [-0.15, -0.1) is 0 Å². The van der Waals surface area contributed by atoms with Crippen LogP contribution in [0.4, 0.5) is 8.78 Å². The van der Waals surface area contributed by atoms with Crippen LogP contribution in [0.2, 0.25) is 0 Å². The molecule has 0 aromatic heterocycles. The van der Waals surface area contributed by atoms with Gasteiger partial charge < -0.3 is 15.4 Å². The van der Waals surface area contributed by atoms with Crippen molar-refractivity contribution in [2.24, 2.45) is 0 Å². The van der Waals surface area contributed by atoms with Crippen LogP contribution >= 0.6 is 0 Å². The Morgan fingerprint density at radius 3 is 2.90 bits per heavy atom. The van der Waals surface area contributed by atoms with Gasteiger partial charge in [-0.3, -0.25) is 4.79 Å². The largest absolute Gasteiger partial charge is 0.435 e. The van der Waals surface area contributed by atoms with E-state index >= 15 is 0 Å². The molecule has 1 aliphatic heterocycles. The molecule has 1 aromatic carbocycles. The minimum atomic E-state index is -2.89. The Morgan fingerprint density at radius 1 is 1.45 bits per heavy atom. The van der Waals surface area contributed by atoms with E-state index in [2.05, 4.69) is 22.3 Å². The molecule has 2 N–H and O–H groups in total. The molecule has 2 unspecified atom stereocenters. The molecule has 2 atom stereocenters. The Kier molecular flexibility index (Phi) is 4.89. The highest BCUT2D eigenvalue weighted by molar-refractivity contribution is 5.94. The molecule has 1 heterocycles. The zero-order valence-electron chi connectivity index (χ0n) is 11.2. The second-order valence-corrected chi connectivity index (χ2v) is 4.96. The Bertz CT molecular complexity index is 460. The number of alkyl halides is 2. The fourth-order valence-electron chi connectivity index (χ4n) is 2.20. The molecular formula is C14H18F2N2O2. The van der Waals surface area contributed by atoms with Crippen molar-refractivity contribution in [2.45, 2.75) is 38.5 Å². The van der Waals surface area contributed by atoms with Crippen molar-refractivity contribution < 1.29 is 18.3 Å². The third-order valence-electron chi connectivity index (χ3n) is 3.32. The first-order valence-electron chi connectivity index (χ1n) is 6.63. The lowest BCUT2D eigenvalue weighted by atomic mass is 10.0. The Morgan fingerprint density at radius 2 is 2.25 bits per heavy atom. The normalized spacial score (nSPS) is 22.6. The number of ether oxygens (including phenoxy) is 1. The highest BCUT2D eigenvalue weighted by Gasteiger charge is 2.20. The minimum Gasteiger partial charge on any atom is -0.435 e. The van der Waals surface area contributed by atoms with E-state index in [9.17, 15) is 13.6 Å². The monoisotopic (exact) mass is 284 g/mol.